The molecular formula is C26H20F2N4O4. The Morgan fingerprint density at radius 1 is 0.889 bits per heavy atom. The van der Waals surface area contributed by atoms with Crippen LogP contribution in [0.1, 0.15) is 10.4 Å². The molecule has 1 aromatic heterocycles. The minimum atomic E-state index is -1.06. The van der Waals surface area contributed by atoms with Crippen LogP contribution in [-0.4, -0.2) is 40.7 Å². The number of esters is 1. The van der Waals surface area contributed by atoms with Gasteiger partial charge in [0, 0.05) is 17.7 Å². The van der Waals surface area contributed by atoms with E-state index >= 15 is 0 Å². The van der Waals surface area contributed by atoms with E-state index in [9.17, 15) is 23.2 Å². The molecule has 2 amide bonds. The second-order valence-electron chi connectivity index (χ2n) is 7.54. The van der Waals surface area contributed by atoms with Gasteiger partial charge in [0.1, 0.15) is 24.0 Å². The third-order valence-electron chi connectivity index (χ3n) is 4.98. The number of halogens is 2. The van der Waals surface area contributed by atoms with Crippen LogP contribution in [0.15, 0.2) is 84.9 Å². The molecule has 36 heavy (non-hydrogen) atoms. The molecule has 0 unspecified atom stereocenters. The highest BCUT2D eigenvalue weighted by Gasteiger charge is 2.17. The normalized spacial score (nSPS) is 10.5. The lowest BCUT2D eigenvalue weighted by atomic mass is 10.2. The van der Waals surface area contributed by atoms with Crippen LogP contribution in [0, 0.1) is 11.6 Å². The molecule has 182 valence electrons. The van der Waals surface area contributed by atoms with E-state index in [1.807, 2.05) is 60.7 Å². The summed E-state index contributed by atoms with van der Waals surface area (Å²) < 4.78 is 33.1. The van der Waals surface area contributed by atoms with E-state index in [4.69, 9.17) is 4.74 Å². The molecule has 2 N–H and O–H groups in total. The number of aromatic nitrogens is 2. The predicted octanol–water partition coefficient (Wildman–Crippen LogP) is 3.73. The van der Waals surface area contributed by atoms with Crippen molar-refractivity contribution in [2.75, 3.05) is 18.5 Å². The van der Waals surface area contributed by atoms with Crippen molar-refractivity contribution < 1.29 is 27.9 Å². The van der Waals surface area contributed by atoms with Crippen molar-refractivity contribution in [1.29, 1.82) is 0 Å². The molecule has 0 aliphatic rings. The Labute approximate surface area is 204 Å². The molecule has 8 nitrogen and oxygen atoms in total. The number of carbonyl (C=O) groups is 3. The zero-order chi connectivity index (χ0) is 25.5. The zero-order valence-corrected chi connectivity index (χ0v) is 18.8. The minimum Gasteiger partial charge on any atom is -0.454 e. The van der Waals surface area contributed by atoms with Crippen molar-refractivity contribution in [2.45, 2.75) is 0 Å². The molecule has 0 bridgehead atoms. The van der Waals surface area contributed by atoms with Gasteiger partial charge in [-0.05, 0) is 24.3 Å². The van der Waals surface area contributed by atoms with Gasteiger partial charge in [0.25, 0.3) is 11.8 Å². The van der Waals surface area contributed by atoms with E-state index < -0.39 is 48.1 Å². The summed E-state index contributed by atoms with van der Waals surface area (Å²) in [6.07, 6.45) is 0. The third kappa shape index (κ3) is 5.98. The fourth-order valence-electron chi connectivity index (χ4n) is 3.28. The van der Waals surface area contributed by atoms with Gasteiger partial charge in [-0.15, -0.1) is 0 Å². The predicted molar refractivity (Wildman–Crippen MR) is 127 cm³/mol. The van der Waals surface area contributed by atoms with Crippen molar-refractivity contribution in [2.24, 2.45) is 0 Å². The largest absolute Gasteiger partial charge is 0.454 e. The Morgan fingerprint density at radius 2 is 1.58 bits per heavy atom. The Balaban J connectivity index is 1.37. The highest BCUT2D eigenvalue weighted by atomic mass is 19.1. The molecule has 4 rings (SSSR count). The first-order valence-electron chi connectivity index (χ1n) is 10.8. The van der Waals surface area contributed by atoms with E-state index in [1.165, 1.54) is 0 Å². The Kier molecular flexibility index (Phi) is 7.45. The SMILES string of the molecule is O=C(COC(=O)CNC(=O)c1ccc(F)cc1F)Nc1cc(-c2ccccc2)nn1-c1ccccc1. The summed E-state index contributed by atoms with van der Waals surface area (Å²) in [6.45, 7) is -1.23. The highest BCUT2D eigenvalue weighted by Crippen LogP contribution is 2.24. The Hall–Kier alpha value is -4.86. The highest BCUT2D eigenvalue weighted by molar-refractivity contribution is 5.97. The standard InChI is InChI=1S/C26H20F2N4O4/c27-18-11-12-20(21(28)13-18)26(35)29-15-25(34)36-16-24(33)30-23-14-22(17-7-3-1-4-8-17)31-32(23)19-9-5-2-6-10-19/h1-14H,15-16H2,(H,29,35)(H,30,33). The summed E-state index contributed by atoms with van der Waals surface area (Å²) in [4.78, 5) is 36.4. The molecule has 0 radical (unpaired) electrons. The summed E-state index contributed by atoms with van der Waals surface area (Å²) >= 11 is 0. The molecule has 1 heterocycles. The fraction of sp³-hybridized carbons (Fsp3) is 0.0769. The Morgan fingerprint density at radius 3 is 2.28 bits per heavy atom. The number of anilines is 1. The molecule has 0 saturated heterocycles. The summed E-state index contributed by atoms with van der Waals surface area (Å²) in [5.74, 6) is -4.00. The number of hydrogen-bond donors (Lipinski definition) is 2. The number of nitrogens with one attached hydrogen (secondary N) is 2. The third-order valence-corrected chi connectivity index (χ3v) is 4.98. The molecule has 3 aromatic carbocycles. The van der Waals surface area contributed by atoms with Gasteiger partial charge in [-0.25, -0.2) is 13.5 Å². The van der Waals surface area contributed by atoms with Gasteiger partial charge in [0.05, 0.1) is 16.9 Å². The summed E-state index contributed by atoms with van der Waals surface area (Å²) in [6, 6.07) is 22.7. The lowest BCUT2D eigenvalue weighted by molar-refractivity contribution is -0.146. The molecule has 0 aliphatic carbocycles. The topological polar surface area (TPSA) is 102 Å². The van der Waals surface area contributed by atoms with Crippen molar-refractivity contribution in [3.8, 4) is 16.9 Å². The first-order chi connectivity index (χ1) is 17.4. The van der Waals surface area contributed by atoms with E-state index in [0.29, 0.717) is 23.3 Å². The number of benzene rings is 3. The van der Waals surface area contributed by atoms with Crippen LogP contribution in [0.4, 0.5) is 14.6 Å². The van der Waals surface area contributed by atoms with Crippen LogP contribution in [0.25, 0.3) is 16.9 Å². The molecule has 0 fully saturated rings. The van der Waals surface area contributed by atoms with Crippen molar-refractivity contribution in [3.63, 3.8) is 0 Å². The molecule has 10 heteroatoms. The van der Waals surface area contributed by atoms with Gasteiger partial charge < -0.3 is 15.4 Å². The van der Waals surface area contributed by atoms with E-state index in [-0.39, 0.29) is 0 Å². The number of para-hydroxylation sites is 1. The second-order valence-corrected chi connectivity index (χ2v) is 7.54. The summed E-state index contributed by atoms with van der Waals surface area (Å²) in [5.41, 5.74) is 1.76. The molecule has 4 aromatic rings. The smallest absolute Gasteiger partial charge is 0.325 e. The maximum atomic E-state index is 13.7. The molecule has 0 atom stereocenters. The minimum absolute atomic E-state index is 0.362. The van der Waals surface area contributed by atoms with Crippen LogP contribution in [0.3, 0.4) is 0 Å². The van der Waals surface area contributed by atoms with E-state index in [0.717, 1.165) is 17.7 Å². The number of nitrogens with zero attached hydrogens (tertiary/aromatic N) is 2. The maximum Gasteiger partial charge on any atom is 0.325 e. The number of hydrogen-bond acceptors (Lipinski definition) is 5. The van der Waals surface area contributed by atoms with Crippen molar-refractivity contribution in [3.05, 3.63) is 102 Å². The zero-order valence-electron chi connectivity index (χ0n) is 18.8. The van der Waals surface area contributed by atoms with Crippen LogP contribution < -0.4 is 10.6 Å². The lowest BCUT2D eigenvalue weighted by Crippen LogP contribution is -2.32. The quantitative estimate of drug-likeness (QED) is 0.367. The van der Waals surface area contributed by atoms with Gasteiger partial charge in [-0.1, -0.05) is 48.5 Å². The lowest BCUT2D eigenvalue weighted by Gasteiger charge is -2.10. The number of ether oxygens (including phenoxy) is 1. The van der Waals surface area contributed by atoms with Gasteiger partial charge in [-0.2, -0.15) is 5.10 Å². The molecule has 0 aliphatic heterocycles. The van der Waals surface area contributed by atoms with Crippen LogP contribution in [0.5, 0.6) is 0 Å². The van der Waals surface area contributed by atoms with E-state index in [1.54, 1.807) is 10.7 Å². The van der Waals surface area contributed by atoms with Gasteiger partial charge in [0.2, 0.25) is 0 Å². The molecular weight excluding hydrogens is 470 g/mol. The van der Waals surface area contributed by atoms with Gasteiger partial charge in [-0.3, -0.25) is 14.4 Å². The number of rotatable bonds is 8. The second kappa shape index (κ2) is 11.0. The van der Waals surface area contributed by atoms with Crippen molar-refractivity contribution in [1.82, 2.24) is 15.1 Å². The van der Waals surface area contributed by atoms with Crippen LogP contribution in [-0.2, 0) is 14.3 Å². The van der Waals surface area contributed by atoms with Crippen LogP contribution >= 0.6 is 0 Å². The summed E-state index contributed by atoms with van der Waals surface area (Å²) in [7, 11) is 0. The van der Waals surface area contributed by atoms with Gasteiger partial charge >= 0.3 is 5.97 Å². The monoisotopic (exact) mass is 490 g/mol. The average Bonchev–Trinajstić information content (AvgIpc) is 3.30. The van der Waals surface area contributed by atoms with Crippen molar-refractivity contribution >= 4 is 23.6 Å². The number of amides is 2. The molecule has 0 spiro atoms. The first kappa shape index (κ1) is 24.3. The van der Waals surface area contributed by atoms with Gasteiger partial charge in [0.15, 0.2) is 6.61 Å². The summed E-state index contributed by atoms with van der Waals surface area (Å²) in [5, 5.41) is 9.41. The number of carbonyl (C=O) groups excluding carboxylic acids is 3. The van der Waals surface area contributed by atoms with E-state index in [2.05, 4.69) is 15.7 Å². The fourth-order valence-corrected chi connectivity index (χ4v) is 3.28. The van der Waals surface area contributed by atoms with Crippen LogP contribution in [0.2, 0.25) is 0 Å². The maximum absolute atomic E-state index is 13.7. The average molecular weight is 490 g/mol. The Bertz CT molecular complexity index is 1390. The first-order valence-corrected chi connectivity index (χ1v) is 10.8. The molecule has 0 saturated carbocycles.